The van der Waals surface area contributed by atoms with Crippen LogP contribution < -0.4 is 0 Å². The molecule has 0 saturated heterocycles. The van der Waals surface area contributed by atoms with Gasteiger partial charge in [0.25, 0.3) is 0 Å². The molecule has 2 aromatic rings. The summed E-state index contributed by atoms with van der Waals surface area (Å²) in [5, 5.41) is 10.8. The van der Waals surface area contributed by atoms with E-state index in [0.717, 1.165) is 6.42 Å². The number of nitriles is 1. The number of halogens is 1. The molecular formula is C14H12FNOS. The van der Waals surface area contributed by atoms with Crippen LogP contribution in [-0.2, 0) is 17.8 Å². The van der Waals surface area contributed by atoms with Gasteiger partial charge in [0.05, 0.1) is 24.8 Å². The Balaban J connectivity index is 1.83. The summed E-state index contributed by atoms with van der Waals surface area (Å²) < 4.78 is 18.6. The second kappa shape index (κ2) is 6.29. The highest BCUT2D eigenvalue weighted by molar-refractivity contribution is 7.09. The zero-order valence-corrected chi connectivity index (χ0v) is 10.5. The van der Waals surface area contributed by atoms with Crippen LogP contribution in [0.4, 0.5) is 4.39 Å². The third kappa shape index (κ3) is 3.66. The van der Waals surface area contributed by atoms with E-state index in [1.807, 2.05) is 17.5 Å². The molecule has 0 atom stereocenters. The van der Waals surface area contributed by atoms with Crippen LogP contribution in [0.2, 0.25) is 0 Å². The molecule has 0 radical (unpaired) electrons. The van der Waals surface area contributed by atoms with Crippen molar-refractivity contribution in [3.8, 4) is 6.07 Å². The number of benzene rings is 1. The fourth-order valence-electron chi connectivity index (χ4n) is 1.62. The van der Waals surface area contributed by atoms with E-state index in [9.17, 15) is 4.39 Å². The average Bonchev–Trinajstić information content (AvgIpc) is 2.87. The molecule has 1 aromatic carbocycles. The first-order chi connectivity index (χ1) is 8.78. The van der Waals surface area contributed by atoms with Gasteiger partial charge in [0, 0.05) is 11.3 Å². The summed E-state index contributed by atoms with van der Waals surface area (Å²) in [6.07, 6.45) is 0.859. The molecule has 4 heteroatoms. The predicted octanol–water partition coefficient (Wildman–Crippen LogP) is 3.52. The molecule has 1 heterocycles. The zero-order chi connectivity index (χ0) is 12.8. The number of thiophene rings is 1. The van der Waals surface area contributed by atoms with Gasteiger partial charge in [-0.25, -0.2) is 4.39 Å². The van der Waals surface area contributed by atoms with E-state index in [1.54, 1.807) is 17.4 Å². The van der Waals surface area contributed by atoms with E-state index in [0.29, 0.717) is 24.3 Å². The average molecular weight is 261 g/mol. The van der Waals surface area contributed by atoms with Gasteiger partial charge in [-0.15, -0.1) is 11.3 Å². The molecule has 0 spiro atoms. The van der Waals surface area contributed by atoms with Gasteiger partial charge in [0.1, 0.15) is 5.82 Å². The molecule has 0 amide bonds. The van der Waals surface area contributed by atoms with Crippen molar-refractivity contribution in [3.63, 3.8) is 0 Å². The molecule has 2 rings (SSSR count). The number of nitrogens with zero attached hydrogens (tertiary/aromatic N) is 1. The molecular weight excluding hydrogens is 249 g/mol. The van der Waals surface area contributed by atoms with Crippen LogP contribution in [-0.4, -0.2) is 6.61 Å². The Labute approximate surface area is 109 Å². The monoisotopic (exact) mass is 261 g/mol. The third-order valence-electron chi connectivity index (χ3n) is 2.43. The maximum atomic E-state index is 13.1. The maximum Gasteiger partial charge on any atom is 0.124 e. The highest BCUT2D eigenvalue weighted by Gasteiger charge is 2.01. The number of hydrogen-bond donors (Lipinski definition) is 0. The van der Waals surface area contributed by atoms with Crippen molar-refractivity contribution in [2.45, 2.75) is 13.0 Å². The number of ether oxygens (including phenoxy) is 1. The molecule has 0 fully saturated rings. The molecule has 2 nitrogen and oxygen atoms in total. The van der Waals surface area contributed by atoms with E-state index in [2.05, 4.69) is 6.07 Å². The van der Waals surface area contributed by atoms with Crippen LogP contribution in [0.25, 0.3) is 0 Å². The van der Waals surface area contributed by atoms with E-state index in [-0.39, 0.29) is 0 Å². The van der Waals surface area contributed by atoms with Crippen molar-refractivity contribution >= 4 is 11.3 Å². The van der Waals surface area contributed by atoms with Gasteiger partial charge < -0.3 is 4.74 Å². The molecule has 0 aliphatic heterocycles. The first-order valence-electron chi connectivity index (χ1n) is 5.57. The second-order valence-electron chi connectivity index (χ2n) is 3.84. The Bertz CT molecular complexity index is 545. The van der Waals surface area contributed by atoms with Crippen molar-refractivity contribution in [1.82, 2.24) is 0 Å². The maximum absolute atomic E-state index is 13.1. The lowest BCUT2D eigenvalue weighted by molar-refractivity contribution is 0.124. The summed E-state index contributed by atoms with van der Waals surface area (Å²) in [5.74, 6) is -0.397. The van der Waals surface area contributed by atoms with Gasteiger partial charge in [0.15, 0.2) is 0 Å². The minimum absolute atomic E-state index is 0.326. The summed E-state index contributed by atoms with van der Waals surface area (Å²) in [6, 6.07) is 10.3. The Hall–Kier alpha value is -1.70. The third-order valence-corrected chi connectivity index (χ3v) is 3.36. The van der Waals surface area contributed by atoms with Crippen LogP contribution >= 0.6 is 11.3 Å². The molecule has 0 unspecified atom stereocenters. The van der Waals surface area contributed by atoms with Crippen molar-refractivity contribution in [3.05, 3.63) is 57.5 Å². The lowest BCUT2D eigenvalue weighted by Crippen LogP contribution is -1.98. The molecule has 0 bridgehead atoms. The smallest absolute Gasteiger partial charge is 0.124 e. The fourth-order valence-corrected chi connectivity index (χ4v) is 2.31. The highest BCUT2D eigenvalue weighted by Crippen LogP contribution is 2.11. The normalized spacial score (nSPS) is 10.2. The van der Waals surface area contributed by atoms with Gasteiger partial charge in [-0.2, -0.15) is 5.26 Å². The van der Waals surface area contributed by atoms with Crippen molar-refractivity contribution in [1.29, 1.82) is 5.26 Å². The van der Waals surface area contributed by atoms with Crippen molar-refractivity contribution in [2.24, 2.45) is 0 Å². The van der Waals surface area contributed by atoms with Crippen molar-refractivity contribution in [2.75, 3.05) is 6.61 Å². The standard InChI is InChI=1S/C14H12FNOS/c15-13-7-11(9-16)6-12(8-13)10-17-4-3-14-2-1-5-18-14/h1-2,5-8H,3-4,10H2. The zero-order valence-electron chi connectivity index (χ0n) is 9.73. The van der Waals surface area contributed by atoms with E-state index < -0.39 is 5.82 Å². The Morgan fingerprint density at radius 1 is 1.33 bits per heavy atom. The summed E-state index contributed by atoms with van der Waals surface area (Å²) in [5.41, 5.74) is 1.02. The summed E-state index contributed by atoms with van der Waals surface area (Å²) in [6.45, 7) is 0.927. The van der Waals surface area contributed by atoms with E-state index >= 15 is 0 Å². The van der Waals surface area contributed by atoms with Gasteiger partial charge in [-0.1, -0.05) is 6.07 Å². The first kappa shape index (κ1) is 12.7. The van der Waals surface area contributed by atoms with E-state index in [4.69, 9.17) is 10.00 Å². The van der Waals surface area contributed by atoms with Gasteiger partial charge >= 0.3 is 0 Å². The second-order valence-corrected chi connectivity index (χ2v) is 4.87. The highest BCUT2D eigenvalue weighted by atomic mass is 32.1. The molecule has 1 aromatic heterocycles. The Morgan fingerprint density at radius 3 is 2.94 bits per heavy atom. The van der Waals surface area contributed by atoms with Crippen LogP contribution in [0.15, 0.2) is 35.7 Å². The SMILES string of the molecule is N#Cc1cc(F)cc(COCCc2cccs2)c1. The topological polar surface area (TPSA) is 33.0 Å². The molecule has 0 aliphatic rings. The molecule has 92 valence electrons. The molecule has 0 saturated carbocycles. The minimum Gasteiger partial charge on any atom is -0.376 e. The van der Waals surface area contributed by atoms with Gasteiger partial charge in [0.2, 0.25) is 0 Å². The number of rotatable bonds is 5. The van der Waals surface area contributed by atoms with Crippen molar-refractivity contribution < 1.29 is 9.13 Å². The van der Waals surface area contributed by atoms with E-state index in [1.165, 1.54) is 17.0 Å². The predicted molar refractivity (Wildman–Crippen MR) is 68.8 cm³/mol. The van der Waals surface area contributed by atoms with Crippen LogP contribution in [0.5, 0.6) is 0 Å². The van der Waals surface area contributed by atoms with Gasteiger partial charge in [-0.05, 0) is 35.2 Å². The van der Waals surface area contributed by atoms with Crippen LogP contribution in [0.1, 0.15) is 16.0 Å². The summed E-state index contributed by atoms with van der Waals surface area (Å²) >= 11 is 1.69. The largest absolute Gasteiger partial charge is 0.376 e. The lowest BCUT2D eigenvalue weighted by atomic mass is 10.1. The summed E-state index contributed by atoms with van der Waals surface area (Å²) in [4.78, 5) is 1.27. The first-order valence-corrected chi connectivity index (χ1v) is 6.45. The fraction of sp³-hybridized carbons (Fsp3) is 0.214. The number of hydrogen-bond acceptors (Lipinski definition) is 3. The molecule has 0 N–H and O–H groups in total. The van der Waals surface area contributed by atoms with Crippen LogP contribution in [0.3, 0.4) is 0 Å². The molecule has 0 aliphatic carbocycles. The Kier molecular flexibility index (Phi) is 4.46. The van der Waals surface area contributed by atoms with Crippen LogP contribution in [0, 0.1) is 17.1 Å². The quantitative estimate of drug-likeness (QED) is 0.771. The van der Waals surface area contributed by atoms with Gasteiger partial charge in [-0.3, -0.25) is 0 Å². The Morgan fingerprint density at radius 2 is 2.22 bits per heavy atom. The lowest BCUT2D eigenvalue weighted by Gasteiger charge is -2.04. The minimum atomic E-state index is -0.397. The molecule has 18 heavy (non-hydrogen) atoms. The summed E-state index contributed by atoms with van der Waals surface area (Å²) in [7, 11) is 0.